The number of nitrogens with zero attached hydrogens (tertiary/aromatic N) is 2. The van der Waals surface area contributed by atoms with Crippen molar-refractivity contribution in [3.05, 3.63) is 30.3 Å². The van der Waals surface area contributed by atoms with Gasteiger partial charge in [0.25, 0.3) is 0 Å². The minimum atomic E-state index is 0.742. The van der Waals surface area contributed by atoms with Crippen LogP contribution in [0.25, 0.3) is 0 Å². The maximum atomic E-state index is 4.05. The van der Waals surface area contributed by atoms with Crippen LogP contribution in [-0.4, -0.2) is 31.3 Å². The molecule has 0 saturated heterocycles. The van der Waals surface area contributed by atoms with Gasteiger partial charge in [-0.2, -0.15) is 0 Å². The molecule has 0 radical (unpaired) electrons. The summed E-state index contributed by atoms with van der Waals surface area (Å²) in [6, 6.07) is 9.87. The number of para-hydroxylation sites is 1. The predicted octanol–water partition coefficient (Wildman–Crippen LogP) is 1.24. The Morgan fingerprint density at radius 1 is 1.38 bits per heavy atom. The van der Waals surface area contributed by atoms with E-state index in [2.05, 4.69) is 17.0 Å². The summed E-state index contributed by atoms with van der Waals surface area (Å²) in [4.78, 5) is 4.05. The standard InChI is InChI=1S/C10H14N3/c1-11-10(12-2)13(3)9-7-5-4-6-8-9/h4-8H,3H2,1-2H3,(H,11,12)/q+1. The zero-order chi connectivity index (χ0) is 9.68. The molecule has 0 unspecified atom stereocenters. The molecule has 0 aliphatic rings. The van der Waals surface area contributed by atoms with E-state index in [0.29, 0.717) is 0 Å². The maximum absolute atomic E-state index is 4.05. The Labute approximate surface area is 78.4 Å². The molecule has 68 valence electrons. The van der Waals surface area contributed by atoms with Crippen LogP contribution in [0.3, 0.4) is 0 Å². The number of nitrogens with one attached hydrogen (secondary N) is 1. The molecule has 0 aromatic heterocycles. The second kappa shape index (κ2) is 4.40. The SMILES string of the molecule is C=[N+](C(=NC)NC)c1ccccc1. The molecule has 1 aromatic carbocycles. The molecule has 3 heteroatoms. The van der Waals surface area contributed by atoms with E-state index in [1.54, 1.807) is 11.6 Å². The summed E-state index contributed by atoms with van der Waals surface area (Å²) in [5.41, 5.74) is 1.01. The molecular weight excluding hydrogens is 162 g/mol. The van der Waals surface area contributed by atoms with Gasteiger partial charge in [0.2, 0.25) is 0 Å². The molecule has 1 aromatic rings. The number of aliphatic imine (C=N–C) groups is 1. The highest BCUT2D eigenvalue weighted by atomic mass is 15.2. The minimum Gasteiger partial charge on any atom is -0.277 e. The van der Waals surface area contributed by atoms with E-state index in [9.17, 15) is 0 Å². The van der Waals surface area contributed by atoms with Crippen molar-refractivity contribution in [2.45, 2.75) is 0 Å². The Balaban J connectivity index is 2.92. The predicted molar refractivity (Wildman–Crippen MR) is 55.9 cm³/mol. The van der Waals surface area contributed by atoms with Gasteiger partial charge in [-0.25, -0.2) is 4.58 Å². The van der Waals surface area contributed by atoms with Crippen LogP contribution < -0.4 is 5.32 Å². The van der Waals surface area contributed by atoms with Gasteiger partial charge in [-0.05, 0) is 12.1 Å². The second-order valence-electron chi connectivity index (χ2n) is 2.56. The third-order valence-electron chi connectivity index (χ3n) is 1.76. The van der Waals surface area contributed by atoms with Crippen molar-refractivity contribution in [3.8, 4) is 0 Å². The van der Waals surface area contributed by atoms with Gasteiger partial charge in [-0.3, -0.25) is 5.32 Å². The number of hydrogen-bond acceptors (Lipinski definition) is 1. The van der Waals surface area contributed by atoms with Crippen LogP contribution in [0.4, 0.5) is 5.69 Å². The van der Waals surface area contributed by atoms with Crippen molar-refractivity contribution >= 4 is 18.4 Å². The quantitative estimate of drug-likeness (QED) is 0.389. The largest absolute Gasteiger partial charge is 0.390 e. The highest BCUT2D eigenvalue weighted by Crippen LogP contribution is 2.08. The average molecular weight is 176 g/mol. The fraction of sp³-hybridized carbons (Fsp3) is 0.200. The molecule has 1 N–H and O–H groups in total. The molecule has 0 bridgehead atoms. The van der Waals surface area contributed by atoms with E-state index in [1.165, 1.54) is 0 Å². The molecule has 0 fully saturated rings. The van der Waals surface area contributed by atoms with Crippen LogP contribution in [0.15, 0.2) is 35.3 Å². The Kier molecular flexibility index (Phi) is 3.20. The molecule has 1 rings (SSSR count). The summed E-state index contributed by atoms with van der Waals surface area (Å²) in [6.07, 6.45) is 0. The Bertz CT molecular complexity index is 314. The van der Waals surface area contributed by atoms with Crippen LogP contribution in [0.1, 0.15) is 0 Å². The number of rotatable bonds is 1. The van der Waals surface area contributed by atoms with Gasteiger partial charge in [0, 0.05) is 6.72 Å². The van der Waals surface area contributed by atoms with Gasteiger partial charge in [0.15, 0.2) is 0 Å². The zero-order valence-electron chi connectivity index (χ0n) is 7.99. The fourth-order valence-electron chi connectivity index (χ4n) is 1.10. The molecule has 0 aliphatic carbocycles. The van der Waals surface area contributed by atoms with Crippen molar-refractivity contribution in [1.82, 2.24) is 5.32 Å². The first kappa shape index (κ1) is 9.45. The van der Waals surface area contributed by atoms with Crippen molar-refractivity contribution in [3.63, 3.8) is 0 Å². The molecular formula is C10H14N3+. The highest BCUT2D eigenvalue weighted by Gasteiger charge is 2.08. The lowest BCUT2D eigenvalue weighted by Gasteiger charge is -2.03. The van der Waals surface area contributed by atoms with Crippen molar-refractivity contribution in [1.29, 1.82) is 0 Å². The van der Waals surface area contributed by atoms with Crippen LogP contribution in [0.5, 0.6) is 0 Å². The monoisotopic (exact) mass is 176 g/mol. The first-order chi connectivity index (χ1) is 6.29. The normalized spacial score (nSPS) is 11.1. The molecule has 3 nitrogen and oxygen atoms in total. The molecule has 0 atom stereocenters. The van der Waals surface area contributed by atoms with Gasteiger partial charge in [-0.1, -0.05) is 18.2 Å². The van der Waals surface area contributed by atoms with Crippen molar-refractivity contribution in [2.75, 3.05) is 14.1 Å². The third-order valence-corrected chi connectivity index (χ3v) is 1.76. The second-order valence-corrected chi connectivity index (χ2v) is 2.56. The summed E-state index contributed by atoms with van der Waals surface area (Å²) >= 11 is 0. The van der Waals surface area contributed by atoms with Gasteiger partial charge >= 0.3 is 5.96 Å². The number of guanidine groups is 1. The maximum Gasteiger partial charge on any atom is 0.390 e. The van der Waals surface area contributed by atoms with E-state index in [4.69, 9.17) is 0 Å². The fourth-order valence-corrected chi connectivity index (χ4v) is 1.10. The van der Waals surface area contributed by atoms with E-state index >= 15 is 0 Å². The summed E-state index contributed by atoms with van der Waals surface area (Å²) in [6.45, 7) is 3.89. The lowest BCUT2D eigenvalue weighted by molar-refractivity contribution is -0.300. The van der Waals surface area contributed by atoms with Crippen LogP contribution in [0, 0.1) is 0 Å². The smallest absolute Gasteiger partial charge is 0.277 e. The number of benzene rings is 1. The summed E-state index contributed by atoms with van der Waals surface area (Å²) in [5, 5.41) is 2.96. The lowest BCUT2D eigenvalue weighted by Crippen LogP contribution is -2.28. The van der Waals surface area contributed by atoms with E-state index in [1.807, 2.05) is 37.4 Å². The van der Waals surface area contributed by atoms with Crippen LogP contribution in [-0.2, 0) is 0 Å². The summed E-state index contributed by atoms with van der Waals surface area (Å²) in [7, 11) is 3.55. The first-order valence-electron chi connectivity index (χ1n) is 4.09. The van der Waals surface area contributed by atoms with E-state index in [0.717, 1.165) is 11.6 Å². The van der Waals surface area contributed by atoms with Crippen molar-refractivity contribution < 1.29 is 4.58 Å². The number of hydrogen-bond donors (Lipinski definition) is 1. The molecule has 0 aliphatic heterocycles. The van der Waals surface area contributed by atoms with Crippen LogP contribution in [0.2, 0.25) is 0 Å². The molecule has 0 spiro atoms. The van der Waals surface area contributed by atoms with Crippen molar-refractivity contribution in [2.24, 2.45) is 4.99 Å². The lowest BCUT2D eigenvalue weighted by atomic mass is 10.3. The zero-order valence-corrected chi connectivity index (χ0v) is 7.99. The molecule has 13 heavy (non-hydrogen) atoms. The summed E-state index contributed by atoms with van der Waals surface area (Å²) in [5.74, 6) is 0.742. The topological polar surface area (TPSA) is 27.4 Å². The molecule has 0 amide bonds. The Morgan fingerprint density at radius 2 is 2.00 bits per heavy atom. The van der Waals surface area contributed by atoms with Crippen LogP contribution >= 0.6 is 0 Å². The minimum absolute atomic E-state index is 0.742. The Hall–Kier alpha value is -1.64. The van der Waals surface area contributed by atoms with Gasteiger partial charge in [0.1, 0.15) is 5.69 Å². The molecule has 0 heterocycles. The van der Waals surface area contributed by atoms with Gasteiger partial charge in [0.05, 0.1) is 14.1 Å². The van der Waals surface area contributed by atoms with Gasteiger partial charge < -0.3 is 0 Å². The molecule has 0 saturated carbocycles. The van der Waals surface area contributed by atoms with E-state index in [-0.39, 0.29) is 0 Å². The van der Waals surface area contributed by atoms with E-state index < -0.39 is 0 Å². The van der Waals surface area contributed by atoms with Gasteiger partial charge in [-0.15, -0.1) is 4.99 Å². The average Bonchev–Trinajstić information content (AvgIpc) is 2.21. The Morgan fingerprint density at radius 3 is 2.46 bits per heavy atom. The summed E-state index contributed by atoms with van der Waals surface area (Å²) < 4.78 is 1.75. The third kappa shape index (κ3) is 2.15. The highest BCUT2D eigenvalue weighted by molar-refractivity contribution is 5.75. The first-order valence-corrected chi connectivity index (χ1v) is 4.09.